The Morgan fingerprint density at radius 1 is 1.47 bits per heavy atom. The largest absolute Gasteiger partial charge is 0.391 e. The zero-order valence-electron chi connectivity index (χ0n) is 9.15. The summed E-state index contributed by atoms with van der Waals surface area (Å²) in [7, 11) is 0. The topological polar surface area (TPSA) is 70.7 Å². The molecular formula is C11H12N4O2. The van der Waals surface area contributed by atoms with Gasteiger partial charge in [-0.15, -0.1) is 0 Å². The lowest BCUT2D eigenvalue weighted by Crippen LogP contribution is -2.29. The molecule has 17 heavy (non-hydrogen) atoms. The molecule has 1 N–H and O–H groups in total. The molecule has 0 bridgehead atoms. The van der Waals surface area contributed by atoms with Crippen molar-refractivity contribution in [2.75, 3.05) is 13.1 Å². The normalized spacial score (nSPS) is 20.1. The number of amides is 1. The van der Waals surface area contributed by atoms with Gasteiger partial charge in [0.15, 0.2) is 0 Å². The van der Waals surface area contributed by atoms with E-state index in [1.54, 1.807) is 34.2 Å². The van der Waals surface area contributed by atoms with Crippen LogP contribution in [0.25, 0.3) is 5.52 Å². The van der Waals surface area contributed by atoms with Crippen LogP contribution in [0.15, 0.2) is 24.8 Å². The Kier molecular flexibility index (Phi) is 2.29. The van der Waals surface area contributed by atoms with Gasteiger partial charge in [-0.25, -0.2) is 4.52 Å². The molecule has 2 aromatic rings. The van der Waals surface area contributed by atoms with E-state index in [-0.39, 0.29) is 5.91 Å². The molecule has 6 heteroatoms. The Morgan fingerprint density at radius 3 is 3.12 bits per heavy atom. The van der Waals surface area contributed by atoms with Gasteiger partial charge in [0.1, 0.15) is 0 Å². The summed E-state index contributed by atoms with van der Waals surface area (Å²) in [6.45, 7) is 0.994. The number of hydrogen-bond acceptors (Lipinski definition) is 4. The maximum absolute atomic E-state index is 12.2. The van der Waals surface area contributed by atoms with Gasteiger partial charge in [0.25, 0.3) is 5.91 Å². The van der Waals surface area contributed by atoms with E-state index in [1.807, 2.05) is 0 Å². The summed E-state index contributed by atoms with van der Waals surface area (Å²) >= 11 is 0. The lowest BCUT2D eigenvalue weighted by molar-refractivity contribution is 0.0767. The van der Waals surface area contributed by atoms with Crippen molar-refractivity contribution >= 4 is 11.4 Å². The molecule has 1 aliphatic rings. The summed E-state index contributed by atoms with van der Waals surface area (Å²) in [4.78, 5) is 17.8. The van der Waals surface area contributed by atoms with E-state index in [0.29, 0.717) is 30.6 Å². The maximum Gasteiger partial charge on any atom is 0.257 e. The third kappa shape index (κ3) is 1.66. The van der Waals surface area contributed by atoms with Crippen molar-refractivity contribution in [2.24, 2.45) is 0 Å². The van der Waals surface area contributed by atoms with Crippen molar-refractivity contribution in [3.63, 3.8) is 0 Å². The van der Waals surface area contributed by atoms with Crippen LogP contribution in [0.1, 0.15) is 16.8 Å². The average molecular weight is 232 g/mol. The number of nitrogens with zero attached hydrogens (tertiary/aromatic N) is 4. The number of carbonyl (C=O) groups is 1. The molecular weight excluding hydrogens is 220 g/mol. The lowest BCUT2D eigenvalue weighted by Gasteiger charge is -2.14. The summed E-state index contributed by atoms with van der Waals surface area (Å²) in [5, 5.41) is 13.5. The lowest BCUT2D eigenvalue weighted by atomic mass is 10.2. The Hall–Kier alpha value is -1.95. The fraction of sp³-hybridized carbons (Fsp3) is 0.364. The third-order valence-electron chi connectivity index (χ3n) is 3.01. The van der Waals surface area contributed by atoms with E-state index in [2.05, 4.69) is 10.1 Å². The number of hydrogen-bond donors (Lipinski definition) is 1. The number of aliphatic hydroxyl groups excluding tert-OH is 1. The number of carbonyl (C=O) groups excluding carboxylic acids is 1. The highest BCUT2D eigenvalue weighted by Gasteiger charge is 2.27. The molecule has 1 aliphatic heterocycles. The summed E-state index contributed by atoms with van der Waals surface area (Å²) in [6, 6.07) is 0. The summed E-state index contributed by atoms with van der Waals surface area (Å²) in [5.41, 5.74) is 1.23. The highest BCUT2D eigenvalue weighted by molar-refractivity contribution is 6.00. The molecule has 0 spiro atoms. The van der Waals surface area contributed by atoms with Crippen molar-refractivity contribution in [1.29, 1.82) is 0 Å². The van der Waals surface area contributed by atoms with Gasteiger partial charge in [-0.2, -0.15) is 5.10 Å². The van der Waals surface area contributed by atoms with E-state index in [0.717, 1.165) is 0 Å². The molecule has 1 fully saturated rings. The number of rotatable bonds is 1. The van der Waals surface area contributed by atoms with Crippen LogP contribution >= 0.6 is 0 Å². The molecule has 0 saturated carbocycles. The van der Waals surface area contributed by atoms with Crippen LogP contribution in [0.4, 0.5) is 0 Å². The molecule has 0 aromatic carbocycles. The first-order chi connectivity index (χ1) is 8.25. The van der Waals surface area contributed by atoms with E-state index >= 15 is 0 Å². The molecule has 3 heterocycles. The maximum atomic E-state index is 12.2. The molecule has 3 rings (SSSR count). The van der Waals surface area contributed by atoms with Crippen molar-refractivity contribution in [3.05, 3.63) is 30.4 Å². The zero-order valence-corrected chi connectivity index (χ0v) is 9.15. The summed E-state index contributed by atoms with van der Waals surface area (Å²) in [5.74, 6) is -0.0930. The van der Waals surface area contributed by atoms with Gasteiger partial charge in [-0.3, -0.25) is 9.78 Å². The standard InChI is InChI=1S/C11H12N4O2/c16-8-1-3-14(7-8)11(17)9-5-13-15-4-2-12-6-10(9)15/h2,4-6,8,16H,1,3,7H2/t8-/m0/s1. The second-order valence-corrected chi connectivity index (χ2v) is 4.16. The van der Waals surface area contributed by atoms with Gasteiger partial charge in [0, 0.05) is 25.5 Å². The number of aromatic nitrogens is 3. The van der Waals surface area contributed by atoms with Gasteiger partial charge < -0.3 is 10.0 Å². The number of β-amino-alcohol motifs (C(OH)–C–C–N with tert-alkyl or cyclic N) is 1. The van der Waals surface area contributed by atoms with E-state index in [9.17, 15) is 9.90 Å². The predicted molar refractivity (Wildman–Crippen MR) is 59.5 cm³/mol. The van der Waals surface area contributed by atoms with Crippen LogP contribution in [0, 0.1) is 0 Å². The van der Waals surface area contributed by atoms with Crippen LogP contribution in [0.3, 0.4) is 0 Å². The van der Waals surface area contributed by atoms with Crippen molar-refractivity contribution in [2.45, 2.75) is 12.5 Å². The van der Waals surface area contributed by atoms with Crippen LogP contribution in [0.2, 0.25) is 0 Å². The van der Waals surface area contributed by atoms with E-state index < -0.39 is 6.10 Å². The Balaban J connectivity index is 1.96. The minimum Gasteiger partial charge on any atom is -0.391 e. The monoisotopic (exact) mass is 232 g/mol. The summed E-state index contributed by atoms with van der Waals surface area (Å²) < 4.78 is 1.62. The van der Waals surface area contributed by atoms with Crippen LogP contribution < -0.4 is 0 Å². The first kappa shape index (κ1) is 10.2. The van der Waals surface area contributed by atoms with Crippen LogP contribution in [-0.2, 0) is 0 Å². The highest BCUT2D eigenvalue weighted by atomic mass is 16.3. The second kappa shape index (κ2) is 3.81. The van der Waals surface area contributed by atoms with Crippen LogP contribution in [-0.4, -0.2) is 49.7 Å². The minimum absolute atomic E-state index is 0.0930. The van der Waals surface area contributed by atoms with Gasteiger partial charge in [-0.1, -0.05) is 0 Å². The molecule has 1 amide bonds. The second-order valence-electron chi connectivity index (χ2n) is 4.16. The smallest absolute Gasteiger partial charge is 0.257 e. The molecule has 88 valence electrons. The fourth-order valence-electron chi connectivity index (χ4n) is 2.10. The Bertz CT molecular complexity index is 565. The SMILES string of the molecule is O=C(c1cnn2ccncc12)N1CC[C@H](O)C1. The quantitative estimate of drug-likeness (QED) is 0.747. The van der Waals surface area contributed by atoms with Gasteiger partial charge in [-0.05, 0) is 6.42 Å². The molecule has 0 radical (unpaired) electrons. The molecule has 1 atom stereocenters. The number of aliphatic hydroxyl groups is 1. The number of likely N-dealkylation sites (tertiary alicyclic amines) is 1. The predicted octanol–water partition coefficient (Wildman–Crippen LogP) is -0.0639. The van der Waals surface area contributed by atoms with E-state index in [1.165, 1.54) is 0 Å². The van der Waals surface area contributed by atoms with Crippen molar-refractivity contribution in [1.82, 2.24) is 19.5 Å². The zero-order chi connectivity index (χ0) is 11.8. The molecule has 0 unspecified atom stereocenters. The Labute approximate surface area is 97.5 Å². The van der Waals surface area contributed by atoms with Crippen molar-refractivity contribution in [3.8, 4) is 0 Å². The first-order valence-corrected chi connectivity index (χ1v) is 5.50. The average Bonchev–Trinajstić information content (AvgIpc) is 2.94. The molecule has 0 aliphatic carbocycles. The van der Waals surface area contributed by atoms with Crippen LogP contribution in [0.5, 0.6) is 0 Å². The van der Waals surface area contributed by atoms with E-state index in [4.69, 9.17) is 0 Å². The fourth-order valence-corrected chi connectivity index (χ4v) is 2.10. The highest BCUT2D eigenvalue weighted by Crippen LogP contribution is 2.16. The molecule has 2 aromatic heterocycles. The summed E-state index contributed by atoms with van der Waals surface area (Å²) in [6.07, 6.45) is 6.72. The van der Waals surface area contributed by atoms with Gasteiger partial charge in [0.2, 0.25) is 0 Å². The molecule has 1 saturated heterocycles. The first-order valence-electron chi connectivity index (χ1n) is 5.50. The third-order valence-corrected chi connectivity index (χ3v) is 3.01. The minimum atomic E-state index is -0.404. The van der Waals surface area contributed by atoms with Gasteiger partial charge >= 0.3 is 0 Å². The van der Waals surface area contributed by atoms with Gasteiger partial charge in [0.05, 0.1) is 29.6 Å². The Morgan fingerprint density at radius 2 is 2.35 bits per heavy atom. The molecule has 6 nitrogen and oxygen atoms in total. The van der Waals surface area contributed by atoms with Crippen molar-refractivity contribution < 1.29 is 9.90 Å². The number of fused-ring (bicyclic) bond motifs is 1.